The molecule has 0 saturated carbocycles. The van der Waals surface area contributed by atoms with Gasteiger partial charge in [0.15, 0.2) is 0 Å². The van der Waals surface area contributed by atoms with E-state index in [1.165, 1.54) is 12.1 Å². The third kappa shape index (κ3) is 2.82. The van der Waals surface area contributed by atoms with Crippen LogP contribution in [0.4, 0.5) is 11.5 Å². The summed E-state index contributed by atoms with van der Waals surface area (Å²) in [6.45, 7) is 3.52. The van der Waals surface area contributed by atoms with E-state index >= 15 is 0 Å². The number of nitrogens with two attached hydrogens (primary N) is 1. The van der Waals surface area contributed by atoms with Gasteiger partial charge >= 0.3 is 0 Å². The lowest BCUT2D eigenvalue weighted by molar-refractivity contribution is -0.385. The van der Waals surface area contributed by atoms with E-state index in [9.17, 15) is 10.1 Å². The van der Waals surface area contributed by atoms with E-state index in [-0.39, 0.29) is 11.6 Å². The number of aromatic nitrogens is 2. The second-order valence-corrected chi connectivity index (χ2v) is 4.16. The number of benzene rings is 1. The molecule has 0 saturated heterocycles. The Hall–Kier alpha value is -2.70. The molecule has 0 unspecified atom stereocenters. The number of ether oxygens (including phenoxy) is 1. The van der Waals surface area contributed by atoms with Crippen molar-refractivity contribution in [2.24, 2.45) is 0 Å². The van der Waals surface area contributed by atoms with Crippen LogP contribution in [-0.4, -0.2) is 14.9 Å². The monoisotopic (exact) mass is 274 g/mol. The van der Waals surface area contributed by atoms with E-state index in [0.29, 0.717) is 29.4 Å². The van der Waals surface area contributed by atoms with Crippen molar-refractivity contribution in [2.75, 3.05) is 5.73 Å². The van der Waals surface area contributed by atoms with Gasteiger partial charge in [0.05, 0.1) is 10.5 Å². The molecule has 0 spiro atoms. The van der Waals surface area contributed by atoms with Gasteiger partial charge in [-0.05, 0) is 13.0 Å². The molecule has 0 bridgehead atoms. The highest BCUT2D eigenvalue weighted by molar-refractivity contribution is 5.49. The van der Waals surface area contributed by atoms with Crippen LogP contribution < -0.4 is 10.5 Å². The highest BCUT2D eigenvalue weighted by Crippen LogP contribution is 2.30. The Morgan fingerprint density at radius 3 is 2.80 bits per heavy atom. The van der Waals surface area contributed by atoms with Crippen LogP contribution in [0.1, 0.15) is 18.3 Å². The molecule has 1 heterocycles. The summed E-state index contributed by atoms with van der Waals surface area (Å²) >= 11 is 0. The van der Waals surface area contributed by atoms with Crippen LogP contribution in [0.5, 0.6) is 11.6 Å². The summed E-state index contributed by atoms with van der Waals surface area (Å²) in [7, 11) is 0. The van der Waals surface area contributed by atoms with Crippen LogP contribution in [0.3, 0.4) is 0 Å². The zero-order valence-corrected chi connectivity index (χ0v) is 11.2. The largest absolute Gasteiger partial charge is 0.438 e. The summed E-state index contributed by atoms with van der Waals surface area (Å²) in [5.41, 5.74) is 6.10. The zero-order valence-electron chi connectivity index (χ0n) is 11.2. The van der Waals surface area contributed by atoms with Gasteiger partial charge in [-0.15, -0.1) is 0 Å². The molecule has 0 aliphatic heterocycles. The minimum Gasteiger partial charge on any atom is -0.438 e. The minimum atomic E-state index is -0.450. The van der Waals surface area contributed by atoms with Crippen LogP contribution in [0, 0.1) is 17.0 Å². The maximum absolute atomic E-state index is 10.9. The average molecular weight is 274 g/mol. The summed E-state index contributed by atoms with van der Waals surface area (Å²) in [5, 5.41) is 10.9. The van der Waals surface area contributed by atoms with Crippen LogP contribution in [0.15, 0.2) is 24.3 Å². The number of hydrogen-bond donors (Lipinski definition) is 1. The summed E-state index contributed by atoms with van der Waals surface area (Å²) in [6, 6.07) is 6.11. The summed E-state index contributed by atoms with van der Waals surface area (Å²) in [6.07, 6.45) is 0.620. The first-order valence-corrected chi connectivity index (χ1v) is 6.06. The molecule has 2 aromatic rings. The second kappa shape index (κ2) is 5.52. The molecule has 1 aromatic carbocycles. The first-order chi connectivity index (χ1) is 9.51. The first kappa shape index (κ1) is 13.7. The molecule has 0 aliphatic carbocycles. The standard InChI is InChI=1S/C13H14N4O3/c1-3-12-15-11(14)7-13(16-12)20-10-6-4-5-9(8(10)2)17(18)19/h4-7H,3H2,1-2H3,(H2,14,15,16). The molecule has 0 amide bonds. The predicted octanol–water partition coefficient (Wildman–Crippen LogP) is 2.63. The Morgan fingerprint density at radius 1 is 1.40 bits per heavy atom. The third-order valence-corrected chi connectivity index (χ3v) is 2.75. The van der Waals surface area contributed by atoms with Crippen molar-refractivity contribution in [3.05, 3.63) is 45.8 Å². The van der Waals surface area contributed by atoms with Gasteiger partial charge in [0, 0.05) is 18.6 Å². The van der Waals surface area contributed by atoms with Crippen LogP contribution >= 0.6 is 0 Å². The quantitative estimate of drug-likeness (QED) is 0.678. The van der Waals surface area contributed by atoms with Crippen molar-refractivity contribution in [1.82, 2.24) is 9.97 Å². The molecular weight excluding hydrogens is 260 g/mol. The lowest BCUT2D eigenvalue weighted by Gasteiger charge is -2.09. The summed E-state index contributed by atoms with van der Waals surface area (Å²) < 4.78 is 5.59. The Labute approximate surface area is 115 Å². The second-order valence-electron chi connectivity index (χ2n) is 4.16. The molecule has 20 heavy (non-hydrogen) atoms. The van der Waals surface area contributed by atoms with Gasteiger partial charge in [-0.3, -0.25) is 10.1 Å². The van der Waals surface area contributed by atoms with Crippen molar-refractivity contribution in [3.63, 3.8) is 0 Å². The number of rotatable bonds is 4. The third-order valence-electron chi connectivity index (χ3n) is 2.75. The predicted molar refractivity (Wildman–Crippen MR) is 73.7 cm³/mol. The number of nitro benzene ring substituents is 1. The maximum Gasteiger partial charge on any atom is 0.276 e. The number of nitro groups is 1. The highest BCUT2D eigenvalue weighted by atomic mass is 16.6. The van der Waals surface area contributed by atoms with Gasteiger partial charge < -0.3 is 10.5 Å². The maximum atomic E-state index is 10.9. The van der Waals surface area contributed by atoms with Gasteiger partial charge in [0.25, 0.3) is 5.69 Å². The topological polar surface area (TPSA) is 104 Å². The van der Waals surface area contributed by atoms with Crippen molar-refractivity contribution in [2.45, 2.75) is 20.3 Å². The van der Waals surface area contributed by atoms with Crippen LogP contribution in [-0.2, 0) is 6.42 Å². The Morgan fingerprint density at radius 2 is 2.15 bits per heavy atom. The fraction of sp³-hybridized carbons (Fsp3) is 0.231. The van der Waals surface area contributed by atoms with E-state index in [1.54, 1.807) is 19.1 Å². The molecule has 2 N–H and O–H groups in total. The van der Waals surface area contributed by atoms with Crippen molar-refractivity contribution in [1.29, 1.82) is 0 Å². The normalized spacial score (nSPS) is 10.3. The van der Waals surface area contributed by atoms with Gasteiger partial charge in [-0.25, -0.2) is 4.98 Å². The summed E-state index contributed by atoms with van der Waals surface area (Å²) in [4.78, 5) is 18.7. The SMILES string of the molecule is CCc1nc(N)cc(Oc2cccc([N+](=O)[O-])c2C)n1. The van der Waals surface area contributed by atoms with Crippen LogP contribution in [0.25, 0.3) is 0 Å². The molecule has 7 heteroatoms. The Balaban J connectivity index is 2.37. The molecular formula is C13H14N4O3. The Bertz CT molecular complexity index is 658. The Kier molecular flexibility index (Phi) is 3.79. The highest BCUT2D eigenvalue weighted by Gasteiger charge is 2.15. The number of nitrogens with zero attached hydrogens (tertiary/aromatic N) is 3. The fourth-order valence-electron chi connectivity index (χ4n) is 1.73. The molecule has 1 aromatic heterocycles. The number of nitrogen functional groups attached to an aromatic ring is 1. The molecule has 7 nitrogen and oxygen atoms in total. The molecule has 0 radical (unpaired) electrons. The summed E-state index contributed by atoms with van der Waals surface area (Å²) in [5.74, 6) is 1.51. The number of anilines is 1. The van der Waals surface area contributed by atoms with E-state index in [0.717, 1.165) is 0 Å². The smallest absolute Gasteiger partial charge is 0.276 e. The molecule has 104 valence electrons. The van der Waals surface area contributed by atoms with Crippen molar-refractivity contribution >= 4 is 11.5 Å². The van der Waals surface area contributed by atoms with E-state index in [2.05, 4.69) is 9.97 Å². The number of aryl methyl sites for hydroxylation is 1. The lowest BCUT2D eigenvalue weighted by Crippen LogP contribution is -2.01. The van der Waals surface area contributed by atoms with Gasteiger partial charge in [-0.2, -0.15) is 4.98 Å². The van der Waals surface area contributed by atoms with Crippen molar-refractivity contribution in [3.8, 4) is 11.6 Å². The first-order valence-electron chi connectivity index (χ1n) is 6.06. The fourth-order valence-corrected chi connectivity index (χ4v) is 1.73. The molecule has 0 fully saturated rings. The molecule has 0 aliphatic rings. The molecule has 0 atom stereocenters. The van der Waals surface area contributed by atoms with Gasteiger partial charge in [0.2, 0.25) is 5.88 Å². The van der Waals surface area contributed by atoms with Crippen molar-refractivity contribution < 1.29 is 9.66 Å². The molecule has 2 rings (SSSR count). The zero-order chi connectivity index (χ0) is 14.7. The average Bonchev–Trinajstić information content (AvgIpc) is 2.40. The number of hydrogen-bond acceptors (Lipinski definition) is 6. The van der Waals surface area contributed by atoms with Gasteiger partial charge in [0.1, 0.15) is 17.4 Å². The van der Waals surface area contributed by atoms with Gasteiger partial charge in [-0.1, -0.05) is 13.0 Å². The lowest BCUT2D eigenvalue weighted by atomic mass is 10.2. The van der Waals surface area contributed by atoms with Crippen LogP contribution in [0.2, 0.25) is 0 Å². The minimum absolute atomic E-state index is 0.000225. The van der Waals surface area contributed by atoms with E-state index < -0.39 is 4.92 Å². The van der Waals surface area contributed by atoms with E-state index in [4.69, 9.17) is 10.5 Å². The van der Waals surface area contributed by atoms with E-state index in [1.807, 2.05) is 6.92 Å².